The molecule has 1 unspecified atom stereocenters. The molecule has 0 aliphatic rings. The van der Waals surface area contributed by atoms with Gasteiger partial charge >= 0.3 is 0 Å². The van der Waals surface area contributed by atoms with Gasteiger partial charge in [-0.15, -0.1) is 0 Å². The van der Waals surface area contributed by atoms with E-state index in [1.165, 1.54) is 0 Å². The minimum absolute atomic E-state index is 0.203. The average molecular weight is 313 g/mol. The Labute approximate surface area is 137 Å². The monoisotopic (exact) mass is 313 g/mol. The maximum absolute atomic E-state index is 12.2. The second-order valence-electron chi connectivity index (χ2n) is 5.38. The number of nitrogens with one attached hydrogen (secondary N) is 2. The number of hydrogen-bond acceptors (Lipinski definition) is 4. The van der Waals surface area contributed by atoms with E-state index in [9.17, 15) is 4.79 Å². The van der Waals surface area contributed by atoms with Crippen molar-refractivity contribution in [2.24, 2.45) is 0 Å². The largest absolute Gasteiger partial charge is 0.496 e. The van der Waals surface area contributed by atoms with Crippen LogP contribution in [0.3, 0.4) is 0 Å². The number of ether oxygens (including phenoxy) is 1. The molecular formula is C18H23N3O2. The first-order chi connectivity index (χ1) is 11.1. The Morgan fingerprint density at radius 1 is 1.26 bits per heavy atom. The zero-order valence-corrected chi connectivity index (χ0v) is 13.8. The fourth-order valence-corrected chi connectivity index (χ4v) is 2.12. The zero-order valence-electron chi connectivity index (χ0n) is 13.8. The summed E-state index contributed by atoms with van der Waals surface area (Å²) in [7, 11) is 1.62. The molecule has 5 nitrogen and oxygen atoms in total. The van der Waals surface area contributed by atoms with Crippen molar-refractivity contribution in [2.75, 3.05) is 12.4 Å². The van der Waals surface area contributed by atoms with E-state index in [0.29, 0.717) is 18.3 Å². The van der Waals surface area contributed by atoms with Crippen LogP contribution in [0, 0.1) is 0 Å². The summed E-state index contributed by atoms with van der Waals surface area (Å²) >= 11 is 0. The van der Waals surface area contributed by atoms with Gasteiger partial charge in [-0.25, -0.2) is 4.98 Å². The lowest BCUT2D eigenvalue weighted by molar-refractivity contribution is 0.0946. The summed E-state index contributed by atoms with van der Waals surface area (Å²) in [5.74, 6) is 0.555. The average Bonchev–Trinajstić information content (AvgIpc) is 2.60. The fourth-order valence-electron chi connectivity index (χ4n) is 2.12. The highest BCUT2D eigenvalue weighted by Crippen LogP contribution is 2.17. The molecule has 2 rings (SSSR count). The lowest BCUT2D eigenvalue weighted by Gasteiger charge is -2.13. The lowest BCUT2D eigenvalue weighted by atomic mass is 10.2. The van der Waals surface area contributed by atoms with Crippen LogP contribution in [0.1, 0.15) is 36.3 Å². The minimum atomic E-state index is -0.203. The Bertz CT molecular complexity index is 641. The van der Waals surface area contributed by atoms with Gasteiger partial charge < -0.3 is 15.4 Å². The fraction of sp³-hybridized carbons (Fsp3) is 0.333. The van der Waals surface area contributed by atoms with Crippen LogP contribution in [0.2, 0.25) is 0 Å². The first-order valence-electron chi connectivity index (χ1n) is 7.76. The van der Waals surface area contributed by atoms with Crippen molar-refractivity contribution in [1.29, 1.82) is 0 Å². The molecule has 122 valence electrons. The number of nitrogens with zero attached hydrogens (tertiary/aromatic N) is 1. The third-order valence-electron chi connectivity index (χ3n) is 3.65. The predicted octanol–water partition coefficient (Wildman–Crippen LogP) is 3.23. The van der Waals surface area contributed by atoms with Crippen molar-refractivity contribution < 1.29 is 9.53 Å². The summed E-state index contributed by atoms with van der Waals surface area (Å²) in [6.45, 7) is 4.62. The summed E-state index contributed by atoms with van der Waals surface area (Å²) in [4.78, 5) is 16.4. The first kappa shape index (κ1) is 16.8. The molecule has 1 amide bonds. The molecule has 2 N–H and O–H groups in total. The Balaban J connectivity index is 1.95. The Morgan fingerprint density at radius 2 is 2.04 bits per heavy atom. The number of rotatable bonds is 7. The van der Waals surface area contributed by atoms with Gasteiger partial charge in [-0.05, 0) is 31.5 Å². The molecular weight excluding hydrogens is 290 g/mol. The number of carbonyl (C=O) groups excluding carboxylic acids is 1. The van der Waals surface area contributed by atoms with E-state index in [4.69, 9.17) is 4.74 Å². The minimum Gasteiger partial charge on any atom is -0.496 e. The van der Waals surface area contributed by atoms with Crippen molar-refractivity contribution in [1.82, 2.24) is 10.3 Å². The van der Waals surface area contributed by atoms with E-state index < -0.39 is 0 Å². The van der Waals surface area contributed by atoms with Gasteiger partial charge in [0.2, 0.25) is 0 Å². The lowest BCUT2D eigenvalue weighted by Crippen LogP contribution is -2.24. The summed E-state index contributed by atoms with van der Waals surface area (Å²) in [6, 6.07) is 11.6. The molecule has 1 aromatic heterocycles. The standard InChI is InChI=1S/C18H23N3O2/c1-4-13(2)21-15-9-10-16(19-12-15)18(22)20-11-14-7-5-6-8-17(14)23-3/h5-10,12-13,21H,4,11H2,1-3H3,(H,20,22). The molecule has 0 spiro atoms. The molecule has 1 aromatic carbocycles. The highest BCUT2D eigenvalue weighted by molar-refractivity contribution is 5.92. The number of carbonyl (C=O) groups is 1. The Morgan fingerprint density at radius 3 is 2.70 bits per heavy atom. The summed E-state index contributed by atoms with van der Waals surface area (Å²) in [6.07, 6.45) is 2.71. The van der Waals surface area contributed by atoms with Crippen LogP contribution < -0.4 is 15.4 Å². The van der Waals surface area contributed by atoms with Gasteiger partial charge in [-0.3, -0.25) is 4.79 Å². The van der Waals surface area contributed by atoms with E-state index in [2.05, 4.69) is 29.5 Å². The normalized spacial score (nSPS) is 11.6. The van der Waals surface area contributed by atoms with Crippen LogP contribution in [-0.2, 0) is 6.54 Å². The number of hydrogen-bond donors (Lipinski definition) is 2. The van der Waals surface area contributed by atoms with E-state index in [1.54, 1.807) is 19.4 Å². The number of benzene rings is 1. The van der Waals surface area contributed by atoms with Crippen LogP contribution in [0.5, 0.6) is 5.75 Å². The van der Waals surface area contributed by atoms with Gasteiger partial charge in [0.25, 0.3) is 5.91 Å². The first-order valence-corrected chi connectivity index (χ1v) is 7.76. The van der Waals surface area contributed by atoms with Crippen molar-refractivity contribution in [3.05, 3.63) is 53.9 Å². The van der Waals surface area contributed by atoms with E-state index >= 15 is 0 Å². The van der Waals surface area contributed by atoms with Crippen LogP contribution in [0.4, 0.5) is 5.69 Å². The van der Waals surface area contributed by atoms with Crippen molar-refractivity contribution in [3.63, 3.8) is 0 Å². The van der Waals surface area contributed by atoms with Gasteiger partial charge in [-0.2, -0.15) is 0 Å². The van der Waals surface area contributed by atoms with Crippen LogP contribution in [0.25, 0.3) is 0 Å². The number of pyridine rings is 1. The number of aromatic nitrogens is 1. The van der Waals surface area contributed by atoms with Crippen LogP contribution >= 0.6 is 0 Å². The molecule has 23 heavy (non-hydrogen) atoms. The van der Waals surface area contributed by atoms with Crippen molar-refractivity contribution in [3.8, 4) is 5.75 Å². The third-order valence-corrected chi connectivity index (χ3v) is 3.65. The second kappa shape index (κ2) is 8.17. The number of methoxy groups -OCH3 is 1. The van der Waals surface area contributed by atoms with Gasteiger partial charge in [0.15, 0.2) is 0 Å². The molecule has 5 heteroatoms. The molecule has 0 saturated heterocycles. The second-order valence-corrected chi connectivity index (χ2v) is 5.38. The molecule has 2 aromatic rings. The predicted molar refractivity (Wildman–Crippen MR) is 91.8 cm³/mol. The van der Waals surface area contributed by atoms with E-state index in [0.717, 1.165) is 23.4 Å². The Kier molecular flexibility index (Phi) is 5.97. The number of anilines is 1. The van der Waals surface area contributed by atoms with Gasteiger partial charge in [0.1, 0.15) is 11.4 Å². The smallest absolute Gasteiger partial charge is 0.270 e. The highest BCUT2D eigenvalue weighted by Gasteiger charge is 2.09. The molecule has 1 heterocycles. The van der Waals surface area contributed by atoms with Crippen molar-refractivity contribution in [2.45, 2.75) is 32.9 Å². The summed E-state index contributed by atoms with van der Waals surface area (Å²) in [5, 5.41) is 6.18. The van der Waals surface area contributed by atoms with Crippen LogP contribution in [-0.4, -0.2) is 24.0 Å². The summed E-state index contributed by atoms with van der Waals surface area (Å²) in [5.41, 5.74) is 2.24. The Hall–Kier alpha value is -2.56. The van der Waals surface area contributed by atoms with Gasteiger partial charge in [0.05, 0.1) is 19.0 Å². The van der Waals surface area contributed by atoms with Crippen LogP contribution in [0.15, 0.2) is 42.6 Å². The maximum Gasteiger partial charge on any atom is 0.270 e. The molecule has 0 aliphatic carbocycles. The SMILES string of the molecule is CCC(C)Nc1ccc(C(=O)NCc2ccccc2OC)nc1. The van der Waals surface area contributed by atoms with Crippen molar-refractivity contribution >= 4 is 11.6 Å². The highest BCUT2D eigenvalue weighted by atomic mass is 16.5. The molecule has 0 radical (unpaired) electrons. The topological polar surface area (TPSA) is 63.2 Å². The zero-order chi connectivity index (χ0) is 16.7. The third kappa shape index (κ3) is 4.71. The van der Waals surface area contributed by atoms with E-state index in [1.807, 2.05) is 30.3 Å². The molecule has 0 aliphatic heterocycles. The molecule has 0 bridgehead atoms. The molecule has 0 saturated carbocycles. The number of para-hydroxylation sites is 1. The molecule has 0 fully saturated rings. The maximum atomic E-state index is 12.2. The van der Waals surface area contributed by atoms with Gasteiger partial charge in [0, 0.05) is 18.2 Å². The van der Waals surface area contributed by atoms with E-state index in [-0.39, 0.29) is 5.91 Å². The quantitative estimate of drug-likeness (QED) is 0.824. The summed E-state index contributed by atoms with van der Waals surface area (Å²) < 4.78 is 5.27. The number of amides is 1. The van der Waals surface area contributed by atoms with Gasteiger partial charge in [-0.1, -0.05) is 25.1 Å². The molecule has 1 atom stereocenters.